The van der Waals surface area contributed by atoms with Gasteiger partial charge in [0.1, 0.15) is 0 Å². The van der Waals surface area contributed by atoms with Gasteiger partial charge in [0.15, 0.2) is 0 Å². The van der Waals surface area contributed by atoms with Crippen molar-refractivity contribution in [2.45, 2.75) is 32.2 Å². The fourth-order valence-corrected chi connectivity index (χ4v) is 2.06. The Morgan fingerprint density at radius 3 is 2.77 bits per heavy atom. The predicted molar refractivity (Wildman–Crippen MR) is 52.4 cm³/mol. The molecule has 3 heteroatoms. The largest absolute Gasteiger partial charge is 0.328 e. The van der Waals surface area contributed by atoms with E-state index in [0.717, 1.165) is 5.92 Å². The van der Waals surface area contributed by atoms with Crippen molar-refractivity contribution < 1.29 is 0 Å². The summed E-state index contributed by atoms with van der Waals surface area (Å²) in [5.74, 6) is 0.755. The molecule has 1 atom stereocenters. The Bertz CT molecular complexity index is 301. The number of hydrogen-bond acceptors (Lipinski definition) is 2. The van der Waals surface area contributed by atoms with Crippen LogP contribution < -0.4 is 5.73 Å². The lowest BCUT2D eigenvalue weighted by atomic mass is 9.95. The molecule has 1 aromatic heterocycles. The normalized spacial score (nSPS) is 21.5. The molecule has 1 unspecified atom stereocenters. The van der Waals surface area contributed by atoms with Gasteiger partial charge in [0.2, 0.25) is 0 Å². The Morgan fingerprint density at radius 2 is 2.38 bits per heavy atom. The lowest BCUT2D eigenvalue weighted by molar-refractivity contribution is 0.276. The first-order chi connectivity index (χ1) is 6.18. The second kappa shape index (κ2) is 2.84. The number of nitrogens with zero attached hydrogens (tertiary/aromatic N) is 2. The van der Waals surface area contributed by atoms with Gasteiger partial charge in [0.25, 0.3) is 0 Å². The van der Waals surface area contributed by atoms with Gasteiger partial charge in [-0.2, -0.15) is 0 Å². The lowest BCUT2D eigenvalue weighted by Crippen LogP contribution is -2.40. The molecule has 0 radical (unpaired) electrons. The van der Waals surface area contributed by atoms with E-state index < -0.39 is 0 Å². The fourth-order valence-electron chi connectivity index (χ4n) is 2.06. The fraction of sp³-hybridized carbons (Fsp3) is 0.700. The smallest absolute Gasteiger partial charge is 0.0953 e. The minimum absolute atomic E-state index is 0.0978. The summed E-state index contributed by atoms with van der Waals surface area (Å²) >= 11 is 0. The SMILES string of the molecule is Cc1cncn1C(C)(CN)C1CC1. The summed E-state index contributed by atoms with van der Waals surface area (Å²) in [6, 6.07) is 0. The zero-order chi connectivity index (χ0) is 9.47. The summed E-state index contributed by atoms with van der Waals surface area (Å²) < 4.78 is 2.23. The highest BCUT2D eigenvalue weighted by Gasteiger charge is 2.42. The van der Waals surface area contributed by atoms with Crippen LogP contribution in [0.4, 0.5) is 0 Å². The minimum atomic E-state index is 0.0978. The highest BCUT2D eigenvalue weighted by Crippen LogP contribution is 2.43. The van der Waals surface area contributed by atoms with Crippen molar-refractivity contribution in [3.63, 3.8) is 0 Å². The van der Waals surface area contributed by atoms with E-state index in [1.165, 1.54) is 18.5 Å². The third kappa shape index (κ3) is 1.27. The summed E-state index contributed by atoms with van der Waals surface area (Å²) in [6.07, 6.45) is 6.42. The van der Waals surface area contributed by atoms with E-state index in [4.69, 9.17) is 5.73 Å². The average molecular weight is 179 g/mol. The molecule has 1 fully saturated rings. The average Bonchev–Trinajstić information content (AvgIpc) is 2.89. The second-order valence-electron chi connectivity index (χ2n) is 4.24. The Hall–Kier alpha value is -0.830. The Balaban J connectivity index is 2.35. The highest BCUT2D eigenvalue weighted by molar-refractivity contribution is 5.06. The number of rotatable bonds is 3. The van der Waals surface area contributed by atoms with Crippen molar-refractivity contribution in [1.29, 1.82) is 0 Å². The molecular formula is C10H17N3. The van der Waals surface area contributed by atoms with Crippen molar-refractivity contribution >= 4 is 0 Å². The third-order valence-corrected chi connectivity index (χ3v) is 3.24. The zero-order valence-electron chi connectivity index (χ0n) is 8.33. The van der Waals surface area contributed by atoms with Gasteiger partial charge in [0, 0.05) is 18.4 Å². The van der Waals surface area contributed by atoms with Gasteiger partial charge < -0.3 is 10.3 Å². The molecule has 1 heterocycles. The molecule has 0 aliphatic heterocycles. The molecule has 1 saturated carbocycles. The molecule has 2 N–H and O–H groups in total. The Kier molecular flexibility index (Phi) is 1.91. The number of hydrogen-bond donors (Lipinski definition) is 1. The van der Waals surface area contributed by atoms with E-state index >= 15 is 0 Å². The van der Waals surface area contributed by atoms with Crippen LogP contribution in [0.1, 0.15) is 25.5 Å². The van der Waals surface area contributed by atoms with Crippen LogP contribution in [0.3, 0.4) is 0 Å². The van der Waals surface area contributed by atoms with Gasteiger partial charge in [-0.1, -0.05) is 0 Å². The lowest BCUT2D eigenvalue weighted by Gasteiger charge is -2.31. The van der Waals surface area contributed by atoms with Gasteiger partial charge in [-0.15, -0.1) is 0 Å². The molecular weight excluding hydrogens is 162 g/mol. The van der Waals surface area contributed by atoms with Crippen molar-refractivity contribution in [2.24, 2.45) is 11.7 Å². The van der Waals surface area contributed by atoms with Crippen LogP contribution in [0.5, 0.6) is 0 Å². The van der Waals surface area contributed by atoms with Crippen LogP contribution in [0.15, 0.2) is 12.5 Å². The summed E-state index contributed by atoms with van der Waals surface area (Å²) in [5, 5.41) is 0. The van der Waals surface area contributed by atoms with Crippen LogP contribution in [0.25, 0.3) is 0 Å². The molecule has 1 aliphatic carbocycles. The van der Waals surface area contributed by atoms with Crippen LogP contribution in [-0.2, 0) is 5.54 Å². The van der Waals surface area contributed by atoms with Gasteiger partial charge in [-0.05, 0) is 32.6 Å². The van der Waals surface area contributed by atoms with Crippen molar-refractivity contribution in [1.82, 2.24) is 9.55 Å². The minimum Gasteiger partial charge on any atom is -0.328 e. The van der Waals surface area contributed by atoms with Gasteiger partial charge in [-0.3, -0.25) is 0 Å². The summed E-state index contributed by atoms with van der Waals surface area (Å²) in [7, 11) is 0. The molecule has 2 rings (SSSR count). The van der Waals surface area contributed by atoms with E-state index in [1.807, 2.05) is 12.5 Å². The molecule has 1 aliphatic rings. The predicted octanol–water partition coefficient (Wildman–Crippen LogP) is 1.28. The Labute approximate surface area is 79.0 Å². The molecule has 0 spiro atoms. The first-order valence-corrected chi connectivity index (χ1v) is 4.88. The topological polar surface area (TPSA) is 43.8 Å². The zero-order valence-corrected chi connectivity index (χ0v) is 8.33. The van der Waals surface area contributed by atoms with Crippen molar-refractivity contribution in [3.05, 3.63) is 18.2 Å². The Morgan fingerprint density at radius 1 is 1.69 bits per heavy atom. The van der Waals surface area contributed by atoms with Crippen LogP contribution >= 0.6 is 0 Å². The molecule has 3 nitrogen and oxygen atoms in total. The maximum Gasteiger partial charge on any atom is 0.0953 e. The number of imidazole rings is 1. The quantitative estimate of drug-likeness (QED) is 0.759. The van der Waals surface area contributed by atoms with E-state index in [9.17, 15) is 0 Å². The first kappa shape index (κ1) is 8.75. The van der Waals surface area contributed by atoms with E-state index in [1.54, 1.807) is 0 Å². The standard InChI is InChI=1S/C10H17N3/c1-8-5-12-7-13(8)10(2,6-11)9-3-4-9/h5,7,9H,3-4,6,11H2,1-2H3. The third-order valence-electron chi connectivity index (χ3n) is 3.24. The number of aromatic nitrogens is 2. The monoisotopic (exact) mass is 179 g/mol. The summed E-state index contributed by atoms with van der Waals surface area (Å²) in [6.45, 7) is 5.03. The molecule has 13 heavy (non-hydrogen) atoms. The van der Waals surface area contributed by atoms with Gasteiger partial charge >= 0.3 is 0 Å². The molecule has 0 aromatic carbocycles. The molecule has 72 valence electrons. The van der Waals surface area contributed by atoms with Crippen LogP contribution in [0, 0.1) is 12.8 Å². The summed E-state index contributed by atoms with van der Waals surface area (Å²) in [5.41, 5.74) is 7.17. The van der Waals surface area contributed by atoms with E-state index in [-0.39, 0.29) is 5.54 Å². The number of aryl methyl sites for hydroxylation is 1. The summed E-state index contributed by atoms with van der Waals surface area (Å²) in [4.78, 5) is 4.15. The molecule has 1 aromatic rings. The van der Waals surface area contributed by atoms with Gasteiger partial charge in [-0.25, -0.2) is 4.98 Å². The van der Waals surface area contributed by atoms with Gasteiger partial charge in [0.05, 0.1) is 11.9 Å². The van der Waals surface area contributed by atoms with E-state index in [0.29, 0.717) is 6.54 Å². The maximum atomic E-state index is 5.86. The van der Waals surface area contributed by atoms with Crippen molar-refractivity contribution in [3.8, 4) is 0 Å². The van der Waals surface area contributed by atoms with Crippen LogP contribution in [-0.4, -0.2) is 16.1 Å². The number of nitrogens with two attached hydrogens (primary N) is 1. The highest BCUT2D eigenvalue weighted by atomic mass is 15.1. The van der Waals surface area contributed by atoms with Crippen molar-refractivity contribution in [2.75, 3.05) is 6.54 Å². The maximum absolute atomic E-state index is 5.86. The molecule has 0 bridgehead atoms. The second-order valence-corrected chi connectivity index (χ2v) is 4.24. The van der Waals surface area contributed by atoms with Crippen LogP contribution in [0.2, 0.25) is 0 Å². The first-order valence-electron chi connectivity index (χ1n) is 4.88. The molecule has 0 amide bonds. The van der Waals surface area contributed by atoms with E-state index in [2.05, 4.69) is 23.4 Å². The molecule has 0 saturated heterocycles.